The number of fused-ring (bicyclic) bond motifs is 1. The van der Waals surface area contributed by atoms with Gasteiger partial charge < -0.3 is 18.9 Å². The maximum Gasteiger partial charge on any atom is 0.262 e. The molecule has 0 aliphatic carbocycles. The number of hydrogen-bond acceptors (Lipinski definition) is 8. The summed E-state index contributed by atoms with van der Waals surface area (Å²) < 4.78 is 40.2. The molecule has 2 fully saturated rings. The Kier molecular flexibility index (Phi) is 5.24. The van der Waals surface area contributed by atoms with Crippen LogP contribution in [0.1, 0.15) is 6.42 Å². The van der Waals surface area contributed by atoms with Crippen LogP contribution in [0, 0.1) is 0 Å². The Labute approximate surface area is 180 Å². The van der Waals surface area contributed by atoms with Crippen LogP contribution in [0.4, 0.5) is 5.69 Å². The minimum absolute atomic E-state index is 0.00195. The van der Waals surface area contributed by atoms with Crippen molar-refractivity contribution in [3.05, 3.63) is 37.1 Å². The molecule has 0 N–H and O–H groups in total. The van der Waals surface area contributed by atoms with Crippen LogP contribution in [0.25, 0.3) is 10.9 Å². The highest BCUT2D eigenvalue weighted by Crippen LogP contribution is 2.29. The summed E-state index contributed by atoms with van der Waals surface area (Å²) >= 11 is 0. The average Bonchev–Trinajstić information content (AvgIpc) is 3.46. The molecule has 1 unspecified atom stereocenters. The highest BCUT2D eigenvalue weighted by atomic mass is 32.2. The van der Waals surface area contributed by atoms with Crippen molar-refractivity contribution in [3.8, 4) is 5.88 Å². The molecule has 0 amide bonds. The summed E-state index contributed by atoms with van der Waals surface area (Å²) in [5.74, 6) is 0.554. The highest BCUT2D eigenvalue weighted by Gasteiger charge is 2.30. The molecule has 5 rings (SSSR count). The zero-order valence-electron chi connectivity index (χ0n) is 17.2. The third-order valence-corrected chi connectivity index (χ3v) is 7.42. The number of sulfonamides is 1. The molecule has 0 radical (unpaired) electrons. The quantitative estimate of drug-likeness (QED) is 0.575. The standard InChI is InChI=1S/C20H24N6O4S/c1-24-11-19(23-14-24)31(27,28)26-7-5-25(6-8-26)15-2-3-18-17(10-15)20(22-13-21-18)30-16-4-9-29-12-16/h2-3,10-11,13-14,16H,4-9,12H2,1H3. The molecule has 164 valence electrons. The van der Waals surface area contributed by atoms with Crippen molar-refractivity contribution in [2.24, 2.45) is 7.05 Å². The van der Waals surface area contributed by atoms with Crippen LogP contribution in [-0.4, -0.2) is 77.7 Å². The first-order chi connectivity index (χ1) is 15.0. The Morgan fingerprint density at radius 3 is 2.68 bits per heavy atom. The molecular formula is C20H24N6O4S. The Morgan fingerprint density at radius 2 is 1.97 bits per heavy atom. The molecule has 11 heteroatoms. The Hall–Kier alpha value is -2.76. The number of imidazole rings is 1. The van der Waals surface area contributed by atoms with Gasteiger partial charge in [0.1, 0.15) is 12.4 Å². The van der Waals surface area contributed by atoms with Gasteiger partial charge in [-0.2, -0.15) is 4.31 Å². The van der Waals surface area contributed by atoms with E-state index in [2.05, 4.69) is 19.9 Å². The van der Waals surface area contributed by atoms with E-state index in [9.17, 15) is 8.42 Å². The van der Waals surface area contributed by atoms with Crippen molar-refractivity contribution in [1.82, 2.24) is 23.8 Å². The summed E-state index contributed by atoms with van der Waals surface area (Å²) in [4.78, 5) is 14.9. The molecule has 10 nitrogen and oxygen atoms in total. The fourth-order valence-corrected chi connectivity index (χ4v) is 5.30. The lowest BCUT2D eigenvalue weighted by molar-refractivity contribution is 0.139. The van der Waals surface area contributed by atoms with Crippen molar-refractivity contribution in [2.45, 2.75) is 17.6 Å². The maximum atomic E-state index is 12.8. The second-order valence-corrected chi connectivity index (χ2v) is 9.64. The average molecular weight is 445 g/mol. The third kappa shape index (κ3) is 3.95. The SMILES string of the molecule is Cn1cnc(S(=O)(=O)N2CCN(c3ccc4ncnc(OC5CCOC5)c4c3)CC2)c1. The molecule has 31 heavy (non-hydrogen) atoms. The topological polar surface area (TPSA) is 103 Å². The zero-order valence-corrected chi connectivity index (χ0v) is 18.0. The molecule has 1 atom stereocenters. The number of benzene rings is 1. The molecule has 2 aromatic heterocycles. The van der Waals surface area contributed by atoms with Crippen LogP contribution < -0.4 is 9.64 Å². The summed E-state index contributed by atoms with van der Waals surface area (Å²) in [5.41, 5.74) is 1.80. The van der Waals surface area contributed by atoms with Gasteiger partial charge in [-0.1, -0.05) is 0 Å². The van der Waals surface area contributed by atoms with Crippen LogP contribution in [-0.2, 0) is 21.8 Å². The normalized spacial score (nSPS) is 20.4. The summed E-state index contributed by atoms with van der Waals surface area (Å²) in [6.45, 7) is 3.22. The van der Waals surface area contributed by atoms with Gasteiger partial charge in [0.05, 0.1) is 30.4 Å². The van der Waals surface area contributed by atoms with E-state index in [4.69, 9.17) is 9.47 Å². The van der Waals surface area contributed by atoms with E-state index in [1.54, 1.807) is 11.6 Å². The van der Waals surface area contributed by atoms with E-state index in [1.807, 2.05) is 18.2 Å². The van der Waals surface area contributed by atoms with E-state index < -0.39 is 10.0 Å². The van der Waals surface area contributed by atoms with Gasteiger partial charge in [-0.05, 0) is 18.2 Å². The van der Waals surface area contributed by atoms with Crippen LogP contribution >= 0.6 is 0 Å². The van der Waals surface area contributed by atoms with Gasteiger partial charge in [-0.25, -0.2) is 23.4 Å². The van der Waals surface area contributed by atoms with E-state index >= 15 is 0 Å². The molecule has 3 aromatic rings. The number of anilines is 1. The van der Waals surface area contributed by atoms with Crippen LogP contribution in [0.15, 0.2) is 42.1 Å². The van der Waals surface area contributed by atoms with Crippen molar-refractivity contribution in [1.29, 1.82) is 0 Å². The summed E-state index contributed by atoms with van der Waals surface area (Å²) in [5, 5.41) is 0.930. The molecule has 0 spiro atoms. The van der Waals surface area contributed by atoms with E-state index in [1.165, 1.54) is 23.2 Å². The lowest BCUT2D eigenvalue weighted by Crippen LogP contribution is -2.48. The Balaban J connectivity index is 1.33. The number of nitrogens with zero attached hydrogens (tertiary/aromatic N) is 6. The van der Waals surface area contributed by atoms with E-state index in [-0.39, 0.29) is 11.1 Å². The monoisotopic (exact) mass is 444 g/mol. The second-order valence-electron chi connectivity index (χ2n) is 7.75. The van der Waals surface area contributed by atoms with E-state index in [0.29, 0.717) is 45.3 Å². The number of ether oxygens (including phenoxy) is 2. The van der Waals surface area contributed by atoms with Gasteiger partial charge in [0.25, 0.3) is 10.0 Å². The fourth-order valence-electron chi connectivity index (χ4n) is 3.92. The molecule has 2 aliphatic rings. The Morgan fingerprint density at radius 1 is 1.13 bits per heavy atom. The Bertz CT molecular complexity index is 1180. The first kappa shape index (κ1) is 20.2. The minimum Gasteiger partial charge on any atom is -0.471 e. The summed E-state index contributed by atoms with van der Waals surface area (Å²) in [6, 6.07) is 5.96. The maximum absolute atomic E-state index is 12.8. The van der Waals surface area contributed by atoms with Crippen molar-refractivity contribution in [3.63, 3.8) is 0 Å². The number of rotatable bonds is 5. The summed E-state index contributed by atoms with van der Waals surface area (Å²) in [6.07, 6.45) is 5.38. The predicted octanol–water partition coefficient (Wildman–Crippen LogP) is 1.04. The van der Waals surface area contributed by atoms with Crippen molar-refractivity contribution < 1.29 is 17.9 Å². The first-order valence-electron chi connectivity index (χ1n) is 10.2. The zero-order chi connectivity index (χ0) is 21.4. The first-order valence-corrected chi connectivity index (χ1v) is 11.7. The molecule has 2 saturated heterocycles. The van der Waals surface area contributed by atoms with Gasteiger partial charge in [-0.15, -0.1) is 0 Å². The van der Waals surface area contributed by atoms with Crippen LogP contribution in [0.5, 0.6) is 5.88 Å². The smallest absolute Gasteiger partial charge is 0.262 e. The number of aryl methyl sites for hydroxylation is 1. The lowest BCUT2D eigenvalue weighted by atomic mass is 10.2. The summed E-state index contributed by atoms with van der Waals surface area (Å²) in [7, 11) is -1.82. The number of aromatic nitrogens is 4. The molecular weight excluding hydrogens is 420 g/mol. The minimum atomic E-state index is -3.58. The van der Waals surface area contributed by atoms with E-state index in [0.717, 1.165) is 23.0 Å². The molecule has 4 heterocycles. The van der Waals surface area contributed by atoms with Gasteiger partial charge in [0.2, 0.25) is 5.88 Å². The third-order valence-electron chi connectivity index (χ3n) is 5.64. The van der Waals surface area contributed by atoms with Crippen molar-refractivity contribution >= 4 is 26.6 Å². The second kappa shape index (κ2) is 8.06. The van der Waals surface area contributed by atoms with Gasteiger partial charge >= 0.3 is 0 Å². The van der Waals surface area contributed by atoms with Crippen LogP contribution in [0.3, 0.4) is 0 Å². The molecule has 1 aromatic carbocycles. The number of hydrogen-bond donors (Lipinski definition) is 0. The largest absolute Gasteiger partial charge is 0.471 e. The fraction of sp³-hybridized carbons (Fsp3) is 0.450. The molecule has 2 aliphatic heterocycles. The lowest BCUT2D eigenvalue weighted by Gasteiger charge is -2.35. The molecule has 0 bridgehead atoms. The van der Waals surface area contributed by atoms with Crippen LogP contribution in [0.2, 0.25) is 0 Å². The van der Waals surface area contributed by atoms with Gasteiger partial charge in [0.15, 0.2) is 5.03 Å². The van der Waals surface area contributed by atoms with Crippen molar-refractivity contribution in [2.75, 3.05) is 44.3 Å². The number of piperazine rings is 1. The highest BCUT2D eigenvalue weighted by molar-refractivity contribution is 7.89. The molecule has 0 saturated carbocycles. The van der Waals surface area contributed by atoms with Gasteiger partial charge in [0, 0.05) is 51.5 Å². The predicted molar refractivity (Wildman–Crippen MR) is 114 cm³/mol. The van der Waals surface area contributed by atoms with Gasteiger partial charge in [-0.3, -0.25) is 0 Å².